The Morgan fingerprint density at radius 2 is 1.19 bits per heavy atom. The zero-order chi connectivity index (χ0) is 12.9. The molecule has 0 saturated carbocycles. The SMILES string of the molecule is CC(=O)[O-].O.O.OCC1OC(O)C(O)C(O)C1O.[Ca+2].[Cl-].[Cl-].[Cl-].[Cl-].[K+].[Na+].[Na+]. The minimum Gasteiger partial charge on any atom is -1.00 e. The van der Waals surface area contributed by atoms with Gasteiger partial charge in [-0.2, -0.15) is 0 Å². The number of hydrogen-bond donors (Lipinski definition) is 5. The monoisotopic (exact) mass is 540 g/mol. The Kier molecular flexibility index (Phi) is 109. The Bertz CT molecular complexity index is 250. The number of carboxylic acid groups (broad SMARTS) is 1. The predicted octanol–water partition coefficient (Wildman–Crippen LogP) is -27.5. The molecule has 1 fully saturated rings. The van der Waals surface area contributed by atoms with E-state index in [1.807, 2.05) is 0 Å². The third kappa shape index (κ3) is 31.4. The van der Waals surface area contributed by atoms with Crippen LogP contribution in [0.5, 0.6) is 0 Å². The van der Waals surface area contributed by atoms with Gasteiger partial charge in [-0.3, -0.25) is 0 Å². The number of aliphatic carboxylic acids is 1. The molecule has 18 heteroatoms. The first-order valence-corrected chi connectivity index (χ1v) is 4.47. The number of aliphatic hydroxyl groups excluding tert-OH is 5. The van der Waals surface area contributed by atoms with Crippen LogP contribution in [0.2, 0.25) is 0 Å². The van der Waals surface area contributed by atoms with E-state index in [4.69, 9.17) is 35.4 Å². The molecule has 0 aromatic rings. The minimum absolute atomic E-state index is 0. The van der Waals surface area contributed by atoms with Crippen molar-refractivity contribution in [3.8, 4) is 0 Å². The molecule has 1 aliphatic rings. The maximum Gasteiger partial charge on any atom is 2.00 e. The van der Waals surface area contributed by atoms with E-state index in [1.165, 1.54) is 0 Å². The van der Waals surface area contributed by atoms with Crippen molar-refractivity contribution in [2.45, 2.75) is 37.6 Å². The molecule has 10 nitrogen and oxygen atoms in total. The van der Waals surface area contributed by atoms with Crippen LogP contribution in [0.4, 0.5) is 0 Å². The van der Waals surface area contributed by atoms with Crippen LogP contribution in [-0.2, 0) is 9.53 Å². The van der Waals surface area contributed by atoms with Crippen LogP contribution in [0.3, 0.4) is 0 Å². The van der Waals surface area contributed by atoms with Crippen LogP contribution in [0.15, 0.2) is 0 Å². The van der Waals surface area contributed by atoms with Gasteiger partial charge < -0.3 is 101 Å². The van der Waals surface area contributed by atoms with E-state index < -0.39 is 43.3 Å². The molecule has 0 spiro atoms. The number of ether oxygens (including phenoxy) is 1. The Balaban J connectivity index is -0.0000000166. The van der Waals surface area contributed by atoms with Gasteiger partial charge in [-0.25, -0.2) is 0 Å². The van der Waals surface area contributed by atoms with Crippen molar-refractivity contribution in [3.05, 3.63) is 0 Å². The van der Waals surface area contributed by atoms with E-state index in [9.17, 15) is 0 Å². The largest absolute Gasteiger partial charge is 2.00 e. The molecule has 144 valence electrons. The van der Waals surface area contributed by atoms with Crippen molar-refractivity contribution < 1.29 is 211 Å². The summed E-state index contributed by atoms with van der Waals surface area (Å²) in [5.41, 5.74) is 0. The van der Waals surface area contributed by atoms with Crippen molar-refractivity contribution in [1.29, 1.82) is 0 Å². The van der Waals surface area contributed by atoms with Gasteiger partial charge >= 0.3 is 148 Å². The molecule has 0 amide bonds. The van der Waals surface area contributed by atoms with Crippen LogP contribution < -0.4 is 165 Å². The van der Waals surface area contributed by atoms with Gasteiger partial charge in [0, 0.05) is 5.97 Å². The summed E-state index contributed by atoms with van der Waals surface area (Å²) in [4.78, 5) is 8.89. The number of carbonyl (C=O) groups is 1. The molecule has 5 unspecified atom stereocenters. The minimum atomic E-state index is -1.57. The summed E-state index contributed by atoms with van der Waals surface area (Å²) in [6.45, 7) is 0.446. The van der Waals surface area contributed by atoms with E-state index in [-0.39, 0.29) is 209 Å². The molecule has 0 aromatic heterocycles. The second-order valence-electron chi connectivity index (χ2n) is 3.21. The first kappa shape index (κ1) is 69.7. The molecule has 26 heavy (non-hydrogen) atoms. The van der Waals surface area contributed by atoms with Crippen LogP contribution in [0, 0.1) is 0 Å². The first-order valence-electron chi connectivity index (χ1n) is 4.47. The zero-order valence-electron chi connectivity index (χ0n) is 14.8. The molecule has 1 heterocycles. The fourth-order valence-corrected chi connectivity index (χ4v) is 1.08. The topological polar surface area (TPSA) is 214 Å². The normalized spacial score (nSPS) is 23.7. The van der Waals surface area contributed by atoms with E-state index in [0.717, 1.165) is 6.92 Å². The van der Waals surface area contributed by atoms with Crippen molar-refractivity contribution in [1.82, 2.24) is 0 Å². The molecule has 0 aromatic carbocycles. The van der Waals surface area contributed by atoms with E-state index in [0.29, 0.717) is 0 Å². The number of rotatable bonds is 1. The molecule has 0 radical (unpaired) electrons. The fraction of sp³-hybridized carbons (Fsp3) is 0.875. The summed E-state index contributed by atoms with van der Waals surface area (Å²) in [7, 11) is 0. The third-order valence-corrected chi connectivity index (χ3v) is 1.87. The van der Waals surface area contributed by atoms with E-state index >= 15 is 0 Å². The molecular weight excluding hydrogens is 523 g/mol. The molecule has 0 bridgehead atoms. The van der Waals surface area contributed by atoms with Crippen LogP contribution in [-0.4, -0.2) is 118 Å². The molecule has 0 aliphatic carbocycles. The van der Waals surface area contributed by atoms with Gasteiger partial charge in [-0.1, -0.05) is 0 Å². The van der Waals surface area contributed by atoms with Crippen LogP contribution in [0.1, 0.15) is 6.92 Å². The van der Waals surface area contributed by atoms with Gasteiger partial charge in [0.1, 0.15) is 24.4 Å². The fourth-order valence-electron chi connectivity index (χ4n) is 1.08. The average molecular weight is 542 g/mol. The van der Waals surface area contributed by atoms with Crippen LogP contribution >= 0.6 is 0 Å². The predicted molar refractivity (Wildman–Crippen MR) is 59.6 cm³/mol. The molecule has 1 saturated heterocycles. The summed E-state index contributed by atoms with van der Waals surface area (Å²) >= 11 is 0. The Labute approximate surface area is 293 Å². The number of halogens is 4. The number of aliphatic hydroxyl groups is 5. The van der Waals surface area contributed by atoms with Gasteiger partial charge in [0.15, 0.2) is 6.29 Å². The maximum absolute atomic E-state index is 9.12. The summed E-state index contributed by atoms with van der Waals surface area (Å²) in [5, 5.41) is 53.5. The van der Waals surface area contributed by atoms with Crippen molar-refractivity contribution in [2.75, 3.05) is 6.61 Å². The Morgan fingerprint density at radius 1 is 0.923 bits per heavy atom. The molecule has 5 atom stereocenters. The van der Waals surface area contributed by atoms with E-state index in [1.54, 1.807) is 0 Å². The van der Waals surface area contributed by atoms with E-state index in [2.05, 4.69) is 4.74 Å². The Morgan fingerprint density at radius 3 is 1.42 bits per heavy atom. The molecule has 9 N–H and O–H groups in total. The second-order valence-corrected chi connectivity index (χ2v) is 3.21. The maximum atomic E-state index is 9.12. The summed E-state index contributed by atoms with van der Waals surface area (Å²) in [5.74, 6) is -1.08. The average Bonchev–Trinajstić information content (AvgIpc) is 2.19. The molecule has 1 rings (SSSR count). The standard InChI is InChI=1S/C6H12O6.C2H4O2.Ca.4ClH.K.2Na.2H2O/c7-1-2-3(8)4(9)5(10)6(11)12-2;1-2(3)4;;;;;;;;;;/h2-11H,1H2;1H3,(H,3,4);;4*1H;;;;2*1H2/q;;+2;;;;;3*+1;;/p-5. The summed E-state index contributed by atoms with van der Waals surface area (Å²) < 4.78 is 4.58. The first-order chi connectivity index (χ1) is 7.31. The quantitative estimate of drug-likeness (QED) is 0.200. The van der Waals surface area contributed by atoms with Gasteiger partial charge in [0.25, 0.3) is 0 Å². The van der Waals surface area contributed by atoms with Crippen LogP contribution in [0.25, 0.3) is 0 Å². The van der Waals surface area contributed by atoms with Gasteiger partial charge in [0.2, 0.25) is 0 Å². The number of hydrogen-bond acceptors (Lipinski definition) is 8. The van der Waals surface area contributed by atoms with Crippen molar-refractivity contribution >= 4 is 43.7 Å². The smallest absolute Gasteiger partial charge is 1.00 e. The van der Waals surface area contributed by atoms with Crippen molar-refractivity contribution in [2.24, 2.45) is 0 Å². The Hall–Kier alpha value is 5.21. The van der Waals surface area contributed by atoms with Gasteiger partial charge in [0.05, 0.1) is 6.61 Å². The number of carboxylic acids is 1. The molecular formula is C8H19CaCl4KNa2O10. The summed E-state index contributed by atoms with van der Waals surface area (Å²) in [6.07, 6.45) is -7.04. The van der Waals surface area contributed by atoms with Crippen molar-refractivity contribution in [3.63, 3.8) is 0 Å². The number of carbonyl (C=O) groups excluding carboxylic acids is 1. The summed E-state index contributed by atoms with van der Waals surface area (Å²) in [6, 6.07) is 0. The third-order valence-electron chi connectivity index (χ3n) is 1.87. The molecule has 1 aliphatic heterocycles. The zero-order valence-corrected chi connectivity index (χ0v) is 27.1. The van der Waals surface area contributed by atoms with Gasteiger partial charge in [-0.15, -0.1) is 0 Å². The van der Waals surface area contributed by atoms with Gasteiger partial charge in [-0.05, 0) is 6.92 Å². The second kappa shape index (κ2) is 40.6.